The molecule has 3 heterocycles. The Labute approximate surface area is 231 Å². The number of amides is 1. The predicted octanol–water partition coefficient (Wildman–Crippen LogP) is 7.53. The fraction of sp³-hybridized carbons (Fsp3) is 0.677. The Morgan fingerprint density at radius 2 is 1.85 bits per heavy atom. The molecule has 0 radical (unpaired) electrons. The summed E-state index contributed by atoms with van der Waals surface area (Å²) in [6, 6.07) is 1.51. The van der Waals surface area contributed by atoms with E-state index in [9.17, 15) is 22.4 Å². The number of hydrogen-bond acceptors (Lipinski definition) is 3. The SMILES string of the molecule is C/C=C(\C=C/CF)C1CCCCN([C@H]2CC[C@H](C(=O)N3CCc4ncc(C(F)(F)F)cc4C3)C2)CC1.CCC. The molecule has 1 aromatic rings. The lowest BCUT2D eigenvalue weighted by molar-refractivity contribution is -0.138. The molecule has 0 bridgehead atoms. The van der Waals surface area contributed by atoms with Gasteiger partial charge in [0.05, 0.1) is 5.56 Å². The lowest BCUT2D eigenvalue weighted by atomic mass is 9.88. The maximum absolute atomic E-state index is 13.3. The third-order valence-electron chi connectivity index (χ3n) is 8.17. The van der Waals surface area contributed by atoms with E-state index in [2.05, 4.69) is 29.8 Å². The van der Waals surface area contributed by atoms with Crippen molar-refractivity contribution in [3.63, 3.8) is 0 Å². The van der Waals surface area contributed by atoms with Gasteiger partial charge in [-0.05, 0) is 81.7 Å². The highest BCUT2D eigenvalue weighted by atomic mass is 19.4. The number of carbonyl (C=O) groups excluding carboxylic acids is 1. The number of rotatable bonds is 5. The molecule has 1 saturated heterocycles. The van der Waals surface area contributed by atoms with Crippen LogP contribution in [0.15, 0.2) is 36.1 Å². The molecule has 2 aliphatic heterocycles. The molecule has 4 rings (SSSR count). The number of hydrogen-bond donors (Lipinski definition) is 0. The summed E-state index contributed by atoms with van der Waals surface area (Å²) in [5, 5.41) is 0. The van der Waals surface area contributed by atoms with Crippen LogP contribution in [0.1, 0.15) is 89.0 Å². The smallest absolute Gasteiger partial charge is 0.338 e. The van der Waals surface area contributed by atoms with Crippen LogP contribution in [0, 0.1) is 11.8 Å². The van der Waals surface area contributed by atoms with Gasteiger partial charge in [-0.3, -0.25) is 9.78 Å². The molecule has 1 saturated carbocycles. The first-order chi connectivity index (χ1) is 18.7. The zero-order chi connectivity index (χ0) is 28.4. The van der Waals surface area contributed by atoms with Crippen LogP contribution in [0.3, 0.4) is 0 Å². The van der Waals surface area contributed by atoms with Crippen molar-refractivity contribution in [3.05, 3.63) is 52.9 Å². The van der Waals surface area contributed by atoms with Crippen molar-refractivity contribution in [3.8, 4) is 0 Å². The molecule has 2 fully saturated rings. The van der Waals surface area contributed by atoms with Crippen molar-refractivity contribution in [1.82, 2.24) is 14.8 Å². The minimum absolute atomic E-state index is 0.0676. The minimum atomic E-state index is -4.44. The summed E-state index contributed by atoms with van der Waals surface area (Å²) in [6.45, 7) is 8.54. The normalized spacial score (nSPS) is 25.1. The van der Waals surface area contributed by atoms with Crippen LogP contribution in [0.4, 0.5) is 17.6 Å². The number of allylic oxidation sites excluding steroid dienone is 4. The summed E-state index contributed by atoms with van der Waals surface area (Å²) < 4.78 is 52.0. The van der Waals surface area contributed by atoms with Gasteiger partial charge in [-0.25, -0.2) is 4.39 Å². The quantitative estimate of drug-likeness (QED) is 0.280. The molecule has 1 aliphatic carbocycles. The van der Waals surface area contributed by atoms with E-state index in [1.54, 1.807) is 11.0 Å². The van der Waals surface area contributed by atoms with Crippen molar-refractivity contribution in [1.29, 1.82) is 0 Å². The van der Waals surface area contributed by atoms with Crippen LogP contribution < -0.4 is 0 Å². The molecule has 0 N–H and O–H groups in total. The fourth-order valence-electron chi connectivity index (χ4n) is 6.17. The minimum Gasteiger partial charge on any atom is -0.338 e. The van der Waals surface area contributed by atoms with Crippen LogP contribution in [0.2, 0.25) is 0 Å². The van der Waals surface area contributed by atoms with Crippen LogP contribution in [0.5, 0.6) is 0 Å². The van der Waals surface area contributed by atoms with Gasteiger partial charge < -0.3 is 9.80 Å². The Morgan fingerprint density at radius 3 is 2.54 bits per heavy atom. The van der Waals surface area contributed by atoms with E-state index in [1.807, 2.05) is 13.0 Å². The van der Waals surface area contributed by atoms with E-state index >= 15 is 0 Å². The van der Waals surface area contributed by atoms with Gasteiger partial charge in [-0.1, -0.05) is 44.9 Å². The summed E-state index contributed by atoms with van der Waals surface area (Å²) in [4.78, 5) is 21.6. The topological polar surface area (TPSA) is 36.4 Å². The number of halogens is 4. The number of fused-ring (bicyclic) bond motifs is 1. The Kier molecular flexibility index (Phi) is 12.0. The second kappa shape index (κ2) is 15.0. The third-order valence-corrected chi connectivity index (χ3v) is 8.17. The zero-order valence-electron chi connectivity index (χ0n) is 23.8. The first-order valence-electron chi connectivity index (χ1n) is 14.7. The highest BCUT2D eigenvalue weighted by Crippen LogP contribution is 2.35. The summed E-state index contributed by atoms with van der Waals surface area (Å²) in [7, 11) is 0. The van der Waals surface area contributed by atoms with Crippen LogP contribution in [-0.2, 0) is 23.9 Å². The van der Waals surface area contributed by atoms with E-state index in [4.69, 9.17) is 0 Å². The van der Waals surface area contributed by atoms with Crippen LogP contribution in [0.25, 0.3) is 0 Å². The predicted molar refractivity (Wildman–Crippen MR) is 148 cm³/mol. The van der Waals surface area contributed by atoms with Crippen LogP contribution >= 0.6 is 0 Å². The second-order valence-electron chi connectivity index (χ2n) is 11.1. The van der Waals surface area contributed by atoms with Gasteiger partial charge in [0.25, 0.3) is 0 Å². The maximum Gasteiger partial charge on any atom is 0.417 e. The molecule has 1 aromatic heterocycles. The maximum atomic E-state index is 13.3. The van der Waals surface area contributed by atoms with E-state index in [-0.39, 0.29) is 18.4 Å². The molecule has 39 heavy (non-hydrogen) atoms. The monoisotopic (exact) mass is 551 g/mol. The fourth-order valence-corrected chi connectivity index (χ4v) is 6.17. The summed E-state index contributed by atoms with van der Waals surface area (Å²) in [6.07, 6.45) is 10.8. The van der Waals surface area contributed by atoms with Crippen LogP contribution in [-0.4, -0.2) is 53.0 Å². The van der Waals surface area contributed by atoms with Crippen molar-refractivity contribution >= 4 is 5.91 Å². The second-order valence-corrected chi connectivity index (χ2v) is 11.1. The number of nitrogens with zero attached hydrogens (tertiary/aromatic N) is 3. The highest BCUT2D eigenvalue weighted by Gasteiger charge is 2.37. The molecular formula is C31H45F4N3O. The van der Waals surface area contributed by atoms with Gasteiger partial charge in [0.1, 0.15) is 6.67 Å². The van der Waals surface area contributed by atoms with Crippen molar-refractivity contribution in [2.24, 2.45) is 11.8 Å². The van der Waals surface area contributed by atoms with Crippen molar-refractivity contribution in [2.75, 3.05) is 26.3 Å². The summed E-state index contributed by atoms with van der Waals surface area (Å²) >= 11 is 0. The average Bonchev–Trinajstić information content (AvgIpc) is 3.39. The molecule has 8 heteroatoms. The molecule has 4 nitrogen and oxygen atoms in total. The van der Waals surface area contributed by atoms with E-state index < -0.39 is 18.4 Å². The third kappa shape index (κ3) is 8.63. The molecule has 0 spiro atoms. The van der Waals surface area contributed by atoms with Gasteiger partial charge in [-0.15, -0.1) is 0 Å². The highest BCUT2D eigenvalue weighted by molar-refractivity contribution is 5.79. The average molecular weight is 552 g/mol. The van der Waals surface area contributed by atoms with Crippen molar-refractivity contribution < 1.29 is 22.4 Å². The first-order valence-corrected chi connectivity index (χ1v) is 14.7. The molecule has 0 aromatic carbocycles. The first kappa shape index (κ1) is 31.3. The number of pyridine rings is 1. The van der Waals surface area contributed by atoms with Gasteiger partial charge in [0, 0.05) is 43.4 Å². The molecular weight excluding hydrogens is 506 g/mol. The summed E-state index contributed by atoms with van der Waals surface area (Å²) in [5.74, 6) is 0.427. The van der Waals surface area contributed by atoms with E-state index in [0.29, 0.717) is 36.2 Å². The summed E-state index contributed by atoms with van der Waals surface area (Å²) in [5.41, 5.74) is 1.62. The molecule has 1 amide bonds. The standard InChI is InChI=1S/C28H37F4N3O.C3H8/c1-2-20(7-5-12-29)21-6-3-4-13-34(14-10-21)25-9-8-22(17-25)27(36)35-15-11-26-23(19-35)16-24(18-33-26)28(30,31)32;1-3-2/h2,5,7,16,18,21-22,25H,3-4,6,8-15,17,19H2,1H3;3H2,1-2H3/b7-5-,20-2+;/t21?,22-,25-;/m0./s1. The Hall–Kier alpha value is -2.22. The van der Waals surface area contributed by atoms with Gasteiger partial charge >= 0.3 is 6.18 Å². The number of aromatic nitrogens is 1. The van der Waals surface area contributed by atoms with Gasteiger partial charge in [0.15, 0.2) is 0 Å². The zero-order valence-corrected chi connectivity index (χ0v) is 23.8. The molecule has 3 atom stereocenters. The Bertz CT molecular complexity index is 991. The molecule has 3 aliphatic rings. The molecule has 218 valence electrons. The number of likely N-dealkylation sites (tertiary alicyclic amines) is 1. The van der Waals surface area contributed by atoms with Gasteiger partial charge in [-0.2, -0.15) is 13.2 Å². The lowest BCUT2D eigenvalue weighted by Crippen LogP contribution is -2.41. The molecule has 1 unspecified atom stereocenters. The number of alkyl halides is 4. The number of carbonyl (C=O) groups is 1. The van der Waals surface area contributed by atoms with E-state index in [1.165, 1.54) is 12.0 Å². The lowest BCUT2D eigenvalue weighted by Gasteiger charge is -2.34. The van der Waals surface area contributed by atoms with Crippen molar-refractivity contribution in [2.45, 2.75) is 97.3 Å². The van der Waals surface area contributed by atoms with Gasteiger partial charge in [0.2, 0.25) is 5.91 Å². The Morgan fingerprint density at radius 1 is 1.08 bits per heavy atom. The van der Waals surface area contributed by atoms with E-state index in [0.717, 1.165) is 70.3 Å². The largest absolute Gasteiger partial charge is 0.417 e. The Balaban J connectivity index is 0.00000134.